The van der Waals surface area contributed by atoms with Crippen LogP contribution in [0.25, 0.3) is 23.5 Å². The molecule has 3 aromatic rings. The zero-order chi connectivity index (χ0) is 21.6. The molecule has 2 aromatic carbocycles. The van der Waals surface area contributed by atoms with E-state index in [0.717, 1.165) is 22.6 Å². The van der Waals surface area contributed by atoms with Crippen LogP contribution in [0, 0.1) is 10.1 Å². The summed E-state index contributed by atoms with van der Waals surface area (Å²) in [7, 11) is -4.19. The van der Waals surface area contributed by atoms with Crippen LogP contribution in [0.15, 0.2) is 59.1 Å². The fraction of sp³-hybridized carbons (Fsp3) is 0.0556. The first-order valence-electron chi connectivity index (χ1n) is 8.09. The van der Waals surface area contributed by atoms with Crippen molar-refractivity contribution in [3.05, 3.63) is 81.0 Å². The van der Waals surface area contributed by atoms with Gasteiger partial charge in [0.25, 0.3) is 11.4 Å². The van der Waals surface area contributed by atoms with Gasteiger partial charge >= 0.3 is 7.25 Å². The molecule has 0 saturated carbocycles. The number of nitro groups is 1. The summed E-state index contributed by atoms with van der Waals surface area (Å²) in [4.78, 5) is 10.2. The Hall–Kier alpha value is -3.14. The van der Waals surface area contributed by atoms with E-state index in [9.17, 15) is 27.4 Å². The predicted octanol–water partition coefficient (Wildman–Crippen LogP) is 5.80. The van der Waals surface area contributed by atoms with Gasteiger partial charge in [-0.15, -0.1) is 0 Å². The molecule has 1 aromatic heterocycles. The highest BCUT2D eigenvalue weighted by Crippen LogP contribution is 2.22. The summed E-state index contributed by atoms with van der Waals surface area (Å²) in [6.07, 6.45) is 3.77. The summed E-state index contributed by atoms with van der Waals surface area (Å²) < 4.78 is 46.4. The third kappa shape index (κ3) is 7.42. The van der Waals surface area contributed by atoms with E-state index in [-0.39, 0.29) is 5.69 Å². The van der Waals surface area contributed by atoms with Crippen LogP contribution < -0.4 is 4.74 Å². The molecule has 0 spiro atoms. The molecule has 0 unspecified atom stereocenters. The van der Waals surface area contributed by atoms with Crippen LogP contribution in [-0.2, 0) is 7.05 Å². The van der Waals surface area contributed by atoms with E-state index < -0.39 is 12.2 Å². The number of hydrogen-bond acceptors (Lipinski definition) is 3. The first-order valence-corrected chi connectivity index (χ1v) is 8.47. The maximum atomic E-state index is 10.7. The van der Waals surface area contributed by atoms with E-state index in [1.807, 2.05) is 49.5 Å². The molecule has 0 aliphatic heterocycles. The van der Waals surface area contributed by atoms with Crippen molar-refractivity contribution in [3.8, 4) is 11.3 Å². The second kappa shape index (κ2) is 9.38. The molecular weight excluding hydrogens is 414 g/mol. The zero-order valence-corrected chi connectivity index (χ0v) is 15.7. The van der Waals surface area contributed by atoms with Crippen LogP contribution in [0.3, 0.4) is 0 Å². The van der Waals surface area contributed by atoms with Gasteiger partial charge in [-0.3, -0.25) is 10.1 Å². The average Bonchev–Trinajstić information content (AvgIpc) is 3.00. The second-order valence-corrected chi connectivity index (χ2v) is 6.14. The number of nitro benzene ring substituents is 1. The molecule has 5 nitrogen and oxygen atoms in total. The number of non-ortho nitro benzene ring substituents is 1. The van der Waals surface area contributed by atoms with Crippen molar-refractivity contribution in [2.45, 2.75) is 0 Å². The number of benzene rings is 2. The first kappa shape index (κ1) is 22.2. The van der Waals surface area contributed by atoms with Crippen molar-refractivity contribution in [2.24, 2.45) is 7.05 Å². The number of hydrogen-bond donors (Lipinski definition) is 0. The van der Waals surface area contributed by atoms with E-state index in [2.05, 4.69) is 0 Å². The Kier molecular flexibility index (Phi) is 7.16. The van der Waals surface area contributed by atoms with Crippen molar-refractivity contribution in [1.29, 1.82) is 0 Å². The molecule has 152 valence electrons. The standard InChI is InChI=1S/C18H14ClN2O3.BF4/c1-20-17(11-4-13-2-9-16(10-3-13)21(22)23)12-18(24-20)14-5-7-15(19)8-6-14;2-1(3,4)5/h2-12H,1H3;/q+1;-1/b11-4+;. The minimum Gasteiger partial charge on any atom is -0.418 e. The van der Waals surface area contributed by atoms with Gasteiger partial charge < -0.3 is 17.3 Å². The molecule has 1 heterocycles. The molecule has 0 bridgehead atoms. The lowest BCUT2D eigenvalue weighted by Gasteiger charge is -1.94. The van der Waals surface area contributed by atoms with Crippen molar-refractivity contribution < 1.29 is 31.4 Å². The number of nitrogens with zero attached hydrogens (tertiary/aromatic N) is 2. The quantitative estimate of drug-likeness (QED) is 0.173. The fourth-order valence-corrected chi connectivity index (χ4v) is 2.37. The summed E-state index contributed by atoms with van der Waals surface area (Å²) in [5.41, 5.74) is 2.75. The van der Waals surface area contributed by atoms with E-state index in [4.69, 9.17) is 16.1 Å². The van der Waals surface area contributed by atoms with Crippen LogP contribution in [0.5, 0.6) is 0 Å². The molecule has 0 N–H and O–H groups in total. The number of halogens is 5. The van der Waals surface area contributed by atoms with Crippen LogP contribution >= 0.6 is 11.6 Å². The van der Waals surface area contributed by atoms with Gasteiger partial charge in [0.1, 0.15) is 0 Å². The monoisotopic (exact) mass is 428 g/mol. The van der Waals surface area contributed by atoms with Crippen molar-refractivity contribution in [2.75, 3.05) is 0 Å². The Morgan fingerprint density at radius 2 is 1.59 bits per heavy atom. The first-order chi connectivity index (χ1) is 13.5. The molecule has 0 atom stereocenters. The summed E-state index contributed by atoms with van der Waals surface area (Å²) in [6.45, 7) is 0. The maximum absolute atomic E-state index is 10.7. The van der Waals surface area contributed by atoms with Gasteiger partial charge in [-0.2, -0.15) is 0 Å². The van der Waals surface area contributed by atoms with Gasteiger partial charge in [-0.25, -0.2) is 4.52 Å². The Balaban J connectivity index is 0.000000537. The molecule has 0 fully saturated rings. The lowest BCUT2D eigenvalue weighted by atomic mass is 10.1. The normalized spacial score (nSPS) is 11.2. The predicted molar refractivity (Wildman–Crippen MR) is 103 cm³/mol. The molecule has 0 amide bonds. The Morgan fingerprint density at radius 3 is 2.10 bits per heavy atom. The molecule has 11 heteroatoms. The number of aryl methyl sites for hydroxylation is 1. The van der Waals surface area contributed by atoms with Gasteiger partial charge in [0.15, 0.2) is 7.05 Å². The molecule has 0 aliphatic carbocycles. The summed E-state index contributed by atoms with van der Waals surface area (Å²) >= 11 is 5.89. The van der Waals surface area contributed by atoms with Gasteiger partial charge in [-0.1, -0.05) is 11.6 Å². The lowest BCUT2D eigenvalue weighted by Crippen LogP contribution is -2.27. The van der Waals surface area contributed by atoms with Gasteiger partial charge in [-0.05, 0) is 52.8 Å². The van der Waals surface area contributed by atoms with Crippen LogP contribution in [0.2, 0.25) is 5.02 Å². The van der Waals surface area contributed by atoms with Crippen LogP contribution in [0.1, 0.15) is 11.3 Å². The molecule has 3 rings (SSSR count). The van der Waals surface area contributed by atoms with Crippen molar-refractivity contribution >= 4 is 36.7 Å². The fourth-order valence-electron chi connectivity index (χ4n) is 2.24. The minimum atomic E-state index is -6.00. The minimum absolute atomic E-state index is 0.0750. The van der Waals surface area contributed by atoms with Crippen LogP contribution in [0.4, 0.5) is 23.0 Å². The van der Waals surface area contributed by atoms with Gasteiger partial charge in [0.2, 0.25) is 5.76 Å². The van der Waals surface area contributed by atoms with E-state index in [1.165, 1.54) is 12.1 Å². The SMILES string of the molecule is C[n+]1oc(-c2ccc(Cl)cc2)cc1/C=C/c1ccc([N+](=O)[O-])cc1.F[B-](F)(F)F. The van der Waals surface area contributed by atoms with Gasteiger partial charge in [0, 0.05) is 28.8 Å². The summed E-state index contributed by atoms with van der Waals surface area (Å²) in [5, 5.41) is 11.3. The van der Waals surface area contributed by atoms with E-state index in [1.54, 1.807) is 16.9 Å². The maximum Gasteiger partial charge on any atom is 0.673 e. The third-order valence-corrected chi connectivity index (χ3v) is 3.81. The average molecular weight is 429 g/mol. The Labute approximate surface area is 168 Å². The summed E-state index contributed by atoms with van der Waals surface area (Å²) in [5.74, 6) is 0.734. The molecular formula is C18H14BClF4N2O3. The van der Waals surface area contributed by atoms with Crippen molar-refractivity contribution in [3.63, 3.8) is 0 Å². The molecule has 0 saturated heterocycles. The highest BCUT2D eigenvalue weighted by Gasteiger charge is 2.20. The summed E-state index contributed by atoms with van der Waals surface area (Å²) in [6, 6.07) is 15.7. The van der Waals surface area contributed by atoms with E-state index >= 15 is 0 Å². The molecule has 29 heavy (non-hydrogen) atoms. The Bertz CT molecular complexity index is 997. The van der Waals surface area contributed by atoms with Gasteiger partial charge in [0.05, 0.1) is 11.0 Å². The number of rotatable bonds is 4. The highest BCUT2D eigenvalue weighted by atomic mass is 35.5. The second-order valence-electron chi connectivity index (χ2n) is 5.71. The highest BCUT2D eigenvalue weighted by molar-refractivity contribution is 6.50. The van der Waals surface area contributed by atoms with E-state index in [0.29, 0.717) is 5.02 Å². The smallest absolute Gasteiger partial charge is 0.418 e. The third-order valence-electron chi connectivity index (χ3n) is 3.56. The molecule has 0 radical (unpaired) electrons. The lowest BCUT2D eigenvalue weighted by molar-refractivity contribution is -0.844. The zero-order valence-electron chi connectivity index (χ0n) is 14.9. The molecule has 0 aliphatic rings. The van der Waals surface area contributed by atoms with Crippen molar-refractivity contribution in [1.82, 2.24) is 0 Å². The van der Waals surface area contributed by atoms with Crippen LogP contribution in [-0.4, -0.2) is 12.2 Å². The number of aromatic nitrogens is 1. The largest absolute Gasteiger partial charge is 0.673 e. The topological polar surface area (TPSA) is 60.2 Å². The Morgan fingerprint density at radius 1 is 1.03 bits per heavy atom.